The van der Waals surface area contributed by atoms with E-state index in [4.69, 9.17) is 9.47 Å². The number of hydrogen-bond acceptors (Lipinski definition) is 6. The molecule has 0 unspecified atom stereocenters. The van der Waals surface area contributed by atoms with E-state index in [1.807, 2.05) is 92.7 Å². The van der Waals surface area contributed by atoms with Crippen molar-refractivity contribution in [2.24, 2.45) is 0 Å². The molecule has 2 heterocycles. The number of para-hydroxylation sites is 1. The van der Waals surface area contributed by atoms with E-state index in [-0.39, 0.29) is 23.8 Å². The molecule has 3 aromatic rings. The summed E-state index contributed by atoms with van der Waals surface area (Å²) in [5.74, 6) is -0.582. The van der Waals surface area contributed by atoms with Crippen LogP contribution < -0.4 is 10.1 Å². The molecule has 190 valence electrons. The summed E-state index contributed by atoms with van der Waals surface area (Å²) >= 11 is 1.49. The molecule has 2 aliphatic rings. The van der Waals surface area contributed by atoms with Gasteiger partial charge in [0.25, 0.3) is 5.91 Å². The Morgan fingerprint density at radius 3 is 2.03 bits per heavy atom. The lowest BCUT2D eigenvalue weighted by atomic mass is 9.95. The van der Waals surface area contributed by atoms with Crippen LogP contribution in [-0.2, 0) is 19.1 Å². The van der Waals surface area contributed by atoms with E-state index in [0.717, 1.165) is 11.1 Å². The van der Waals surface area contributed by atoms with Crippen LogP contribution in [0.1, 0.15) is 31.1 Å². The van der Waals surface area contributed by atoms with Crippen molar-refractivity contribution in [2.45, 2.75) is 42.2 Å². The van der Waals surface area contributed by atoms with Crippen LogP contribution in [0.2, 0.25) is 0 Å². The number of fused-ring (bicyclic) bond motifs is 1. The van der Waals surface area contributed by atoms with Gasteiger partial charge in [-0.15, -0.1) is 11.8 Å². The van der Waals surface area contributed by atoms with Gasteiger partial charge < -0.3 is 19.7 Å². The maximum absolute atomic E-state index is 13.6. The van der Waals surface area contributed by atoms with Crippen LogP contribution in [0.4, 0.5) is 0 Å². The van der Waals surface area contributed by atoms with Crippen molar-refractivity contribution in [1.29, 1.82) is 0 Å². The molecule has 2 aliphatic heterocycles. The minimum absolute atomic E-state index is 0.199. The number of β-lactam (4-membered cyclic amide) rings is 1. The molecular weight excluding hydrogens is 488 g/mol. The van der Waals surface area contributed by atoms with Crippen molar-refractivity contribution >= 4 is 29.5 Å². The lowest BCUT2D eigenvalue weighted by Gasteiger charge is -2.44. The average Bonchev–Trinajstić information content (AvgIpc) is 3.18. The topological polar surface area (TPSA) is 84.9 Å². The monoisotopic (exact) mass is 516 g/mol. The van der Waals surface area contributed by atoms with Gasteiger partial charge in [-0.25, -0.2) is 4.79 Å². The number of rotatable bonds is 8. The second kappa shape index (κ2) is 10.3. The van der Waals surface area contributed by atoms with Gasteiger partial charge >= 0.3 is 5.97 Å². The van der Waals surface area contributed by atoms with E-state index in [2.05, 4.69) is 5.32 Å². The number of esters is 1. The molecular formula is C29H28N2O5S. The SMILES string of the molecule is CC1(C)S[C@@H]2[C@H](NC(=O)COc3ccccc3)C(=O)N2[C@H]1C(=O)OC(c1ccccc1)c1ccccc1. The molecule has 3 atom stereocenters. The lowest BCUT2D eigenvalue weighted by Crippen LogP contribution is -2.71. The average molecular weight is 517 g/mol. The van der Waals surface area contributed by atoms with Crippen molar-refractivity contribution in [2.75, 3.05) is 6.61 Å². The van der Waals surface area contributed by atoms with E-state index in [9.17, 15) is 14.4 Å². The van der Waals surface area contributed by atoms with Crippen LogP contribution in [0.3, 0.4) is 0 Å². The van der Waals surface area contributed by atoms with E-state index in [1.165, 1.54) is 11.8 Å². The highest BCUT2D eigenvalue weighted by atomic mass is 32.2. The second-order valence-electron chi connectivity index (χ2n) is 9.55. The highest BCUT2D eigenvalue weighted by Crippen LogP contribution is 2.51. The van der Waals surface area contributed by atoms with E-state index in [1.54, 1.807) is 17.0 Å². The first-order chi connectivity index (χ1) is 17.8. The zero-order chi connectivity index (χ0) is 26.0. The third-order valence-corrected chi connectivity index (χ3v) is 8.10. The van der Waals surface area contributed by atoms with Crippen LogP contribution in [-0.4, -0.2) is 51.5 Å². The molecule has 5 rings (SSSR count). The Balaban J connectivity index is 1.28. The maximum Gasteiger partial charge on any atom is 0.331 e. The minimum atomic E-state index is -0.779. The predicted molar refractivity (Wildman–Crippen MR) is 141 cm³/mol. The predicted octanol–water partition coefficient (Wildman–Crippen LogP) is 3.95. The number of thioether (sulfide) groups is 1. The summed E-state index contributed by atoms with van der Waals surface area (Å²) in [6.45, 7) is 3.65. The van der Waals surface area contributed by atoms with E-state index >= 15 is 0 Å². The molecule has 0 bridgehead atoms. The Morgan fingerprint density at radius 1 is 0.919 bits per heavy atom. The molecule has 3 aromatic carbocycles. The quantitative estimate of drug-likeness (QED) is 0.361. The fraction of sp³-hybridized carbons (Fsp3) is 0.276. The Labute approximate surface area is 220 Å². The van der Waals surface area contributed by atoms with Gasteiger partial charge in [-0.1, -0.05) is 78.9 Å². The lowest BCUT2D eigenvalue weighted by molar-refractivity contribution is -0.166. The fourth-order valence-electron chi connectivity index (χ4n) is 4.77. The Bertz CT molecular complexity index is 1230. The Morgan fingerprint density at radius 2 is 1.46 bits per heavy atom. The minimum Gasteiger partial charge on any atom is -0.484 e. The van der Waals surface area contributed by atoms with Gasteiger partial charge in [0.2, 0.25) is 5.91 Å². The third-order valence-electron chi connectivity index (χ3n) is 6.53. The molecule has 2 fully saturated rings. The van der Waals surface area contributed by atoms with Gasteiger partial charge in [-0.05, 0) is 37.1 Å². The van der Waals surface area contributed by atoms with Crippen molar-refractivity contribution < 1.29 is 23.9 Å². The molecule has 0 radical (unpaired) electrons. The smallest absolute Gasteiger partial charge is 0.331 e. The fourth-order valence-corrected chi connectivity index (χ4v) is 6.39. The van der Waals surface area contributed by atoms with Crippen LogP contribution in [0.5, 0.6) is 5.75 Å². The van der Waals surface area contributed by atoms with Gasteiger partial charge in [0.1, 0.15) is 23.2 Å². The van der Waals surface area contributed by atoms with Crippen LogP contribution in [0.25, 0.3) is 0 Å². The first kappa shape index (κ1) is 24.9. The Kier molecular flexibility index (Phi) is 6.93. The summed E-state index contributed by atoms with van der Waals surface area (Å²) in [4.78, 5) is 40.8. The van der Waals surface area contributed by atoms with Crippen LogP contribution >= 0.6 is 11.8 Å². The zero-order valence-electron chi connectivity index (χ0n) is 20.6. The summed E-state index contributed by atoms with van der Waals surface area (Å²) in [6.07, 6.45) is -0.600. The molecule has 0 saturated carbocycles. The molecule has 2 saturated heterocycles. The molecule has 7 nitrogen and oxygen atoms in total. The van der Waals surface area contributed by atoms with Gasteiger partial charge in [-0.2, -0.15) is 0 Å². The summed E-state index contributed by atoms with van der Waals surface area (Å²) in [6, 6.07) is 26.6. The molecule has 0 aromatic heterocycles. The summed E-state index contributed by atoms with van der Waals surface area (Å²) < 4.78 is 11.0. The van der Waals surface area contributed by atoms with Crippen molar-refractivity contribution in [3.05, 3.63) is 102 Å². The number of carbonyl (C=O) groups excluding carboxylic acids is 3. The molecule has 0 aliphatic carbocycles. The molecule has 0 spiro atoms. The van der Waals surface area contributed by atoms with Gasteiger partial charge in [0.15, 0.2) is 12.7 Å². The highest BCUT2D eigenvalue weighted by Gasteiger charge is 2.64. The van der Waals surface area contributed by atoms with Crippen molar-refractivity contribution in [3.8, 4) is 5.75 Å². The summed E-state index contributed by atoms with van der Waals surface area (Å²) in [5.41, 5.74) is 1.70. The van der Waals surface area contributed by atoms with Gasteiger partial charge in [0, 0.05) is 4.75 Å². The van der Waals surface area contributed by atoms with E-state index in [0.29, 0.717) is 5.75 Å². The number of nitrogens with one attached hydrogen (secondary N) is 1. The molecule has 8 heteroatoms. The molecule has 1 N–H and O–H groups in total. The number of hydrogen-bond donors (Lipinski definition) is 1. The van der Waals surface area contributed by atoms with E-state index < -0.39 is 28.9 Å². The molecule has 37 heavy (non-hydrogen) atoms. The number of benzene rings is 3. The van der Waals surface area contributed by atoms with Gasteiger partial charge in [-0.3, -0.25) is 9.59 Å². The number of ether oxygens (including phenoxy) is 2. The largest absolute Gasteiger partial charge is 0.484 e. The number of nitrogens with zero attached hydrogens (tertiary/aromatic N) is 1. The number of carbonyl (C=O) groups is 3. The summed E-state index contributed by atoms with van der Waals surface area (Å²) in [7, 11) is 0. The first-order valence-electron chi connectivity index (χ1n) is 12.1. The first-order valence-corrected chi connectivity index (χ1v) is 13.0. The third kappa shape index (κ3) is 5.06. The van der Waals surface area contributed by atoms with Crippen molar-refractivity contribution in [1.82, 2.24) is 10.2 Å². The molecule has 2 amide bonds. The summed E-state index contributed by atoms with van der Waals surface area (Å²) in [5, 5.41) is 2.42. The maximum atomic E-state index is 13.6. The van der Waals surface area contributed by atoms with Crippen LogP contribution in [0, 0.1) is 0 Å². The van der Waals surface area contributed by atoms with Gasteiger partial charge in [0.05, 0.1) is 0 Å². The van der Waals surface area contributed by atoms with Crippen molar-refractivity contribution in [3.63, 3.8) is 0 Å². The standard InChI is InChI=1S/C29H28N2O5S/c1-29(2)25(28(34)36-24(19-12-6-3-7-13-19)20-14-8-4-9-15-20)31-26(33)23(27(31)37-29)30-22(32)18-35-21-16-10-5-11-17-21/h3-17,23-25,27H,18H2,1-2H3,(H,30,32)/t23-,25+,27-/m1/s1. The Hall–Kier alpha value is -3.78. The highest BCUT2D eigenvalue weighted by molar-refractivity contribution is 8.01. The van der Waals surface area contributed by atoms with Crippen LogP contribution in [0.15, 0.2) is 91.0 Å². The zero-order valence-corrected chi connectivity index (χ0v) is 21.4. The second-order valence-corrected chi connectivity index (χ2v) is 11.3. The normalized spacial score (nSPS) is 21.6. The number of amides is 2.